The number of anilines is 2. The second-order valence-electron chi connectivity index (χ2n) is 4.77. The minimum absolute atomic E-state index is 0.217. The summed E-state index contributed by atoms with van der Waals surface area (Å²) in [5.74, 6) is 2.23. The molecule has 1 aliphatic heterocycles. The van der Waals surface area contributed by atoms with Crippen molar-refractivity contribution in [3.8, 4) is 0 Å². The molecule has 0 saturated carbocycles. The van der Waals surface area contributed by atoms with E-state index in [0.29, 0.717) is 5.82 Å². The van der Waals surface area contributed by atoms with Crippen molar-refractivity contribution in [2.45, 2.75) is 39.9 Å². The summed E-state index contributed by atoms with van der Waals surface area (Å²) in [6, 6.07) is 0. The number of aryl methyl sites for hydroxylation is 1. The van der Waals surface area contributed by atoms with Gasteiger partial charge in [-0.3, -0.25) is 0 Å². The van der Waals surface area contributed by atoms with Crippen molar-refractivity contribution >= 4 is 11.6 Å². The highest BCUT2D eigenvalue weighted by Gasteiger charge is 2.25. The second kappa shape index (κ2) is 4.49. The van der Waals surface area contributed by atoms with Gasteiger partial charge in [0.15, 0.2) is 0 Å². The maximum Gasteiger partial charge on any atom is 0.137 e. The van der Waals surface area contributed by atoms with Gasteiger partial charge in [0.25, 0.3) is 0 Å². The van der Waals surface area contributed by atoms with Gasteiger partial charge in [-0.15, -0.1) is 0 Å². The molecule has 0 spiro atoms. The van der Waals surface area contributed by atoms with E-state index in [1.807, 2.05) is 13.8 Å². The summed E-state index contributed by atoms with van der Waals surface area (Å²) in [6.45, 7) is 9.69. The maximum absolute atomic E-state index is 5.89. The Bertz CT molecular complexity index is 411. The minimum atomic E-state index is 0.217. The van der Waals surface area contributed by atoms with Gasteiger partial charge in [0.1, 0.15) is 17.5 Å². The molecule has 2 rings (SSSR count). The molecule has 1 aromatic heterocycles. The SMILES string of the molecule is Cc1nc(N)c(C)c(N2C[C@@H](C)O[C@@H](C)C2)n1. The Balaban J connectivity index is 2.33. The zero-order chi connectivity index (χ0) is 12.6. The van der Waals surface area contributed by atoms with Crippen LogP contribution in [0.4, 0.5) is 11.6 Å². The lowest BCUT2D eigenvalue weighted by molar-refractivity contribution is -0.00550. The molecule has 5 heteroatoms. The topological polar surface area (TPSA) is 64.3 Å². The van der Waals surface area contributed by atoms with E-state index in [2.05, 4.69) is 28.7 Å². The Morgan fingerprint density at radius 3 is 2.35 bits per heavy atom. The molecule has 5 nitrogen and oxygen atoms in total. The average Bonchev–Trinajstić information content (AvgIpc) is 2.22. The van der Waals surface area contributed by atoms with E-state index in [1.54, 1.807) is 0 Å². The van der Waals surface area contributed by atoms with Gasteiger partial charge in [-0.25, -0.2) is 9.97 Å². The second-order valence-corrected chi connectivity index (χ2v) is 4.77. The van der Waals surface area contributed by atoms with Gasteiger partial charge in [0, 0.05) is 18.7 Å². The van der Waals surface area contributed by atoms with Crippen molar-refractivity contribution in [2.75, 3.05) is 23.7 Å². The highest BCUT2D eigenvalue weighted by molar-refractivity contribution is 5.56. The molecule has 17 heavy (non-hydrogen) atoms. The number of nitrogens with zero attached hydrogens (tertiary/aromatic N) is 3. The third kappa shape index (κ3) is 2.49. The summed E-state index contributed by atoms with van der Waals surface area (Å²) in [5, 5.41) is 0. The van der Waals surface area contributed by atoms with Crippen molar-refractivity contribution in [1.29, 1.82) is 0 Å². The van der Waals surface area contributed by atoms with E-state index < -0.39 is 0 Å². The lowest BCUT2D eigenvalue weighted by Crippen LogP contribution is -2.46. The van der Waals surface area contributed by atoms with E-state index in [-0.39, 0.29) is 12.2 Å². The molecule has 0 aliphatic carbocycles. The Labute approximate surface area is 102 Å². The predicted molar refractivity (Wildman–Crippen MR) is 68.1 cm³/mol. The predicted octanol–water partition coefficient (Wildman–Crippen LogP) is 1.29. The molecule has 0 unspecified atom stereocenters. The zero-order valence-corrected chi connectivity index (χ0v) is 10.9. The van der Waals surface area contributed by atoms with E-state index in [9.17, 15) is 0 Å². The Hall–Kier alpha value is -1.36. The third-order valence-electron chi connectivity index (χ3n) is 2.99. The lowest BCUT2D eigenvalue weighted by atomic mass is 10.2. The van der Waals surface area contributed by atoms with Crippen LogP contribution in [0.15, 0.2) is 0 Å². The normalized spacial score (nSPS) is 25.1. The molecular weight excluding hydrogens is 216 g/mol. The highest BCUT2D eigenvalue weighted by Crippen LogP contribution is 2.24. The fourth-order valence-corrected chi connectivity index (χ4v) is 2.29. The molecule has 0 amide bonds. The van der Waals surface area contributed by atoms with Crippen LogP contribution in [0.5, 0.6) is 0 Å². The summed E-state index contributed by atoms with van der Waals surface area (Å²) in [7, 11) is 0. The maximum atomic E-state index is 5.89. The van der Waals surface area contributed by atoms with Gasteiger partial charge in [0.2, 0.25) is 0 Å². The lowest BCUT2D eigenvalue weighted by Gasteiger charge is -2.36. The van der Waals surface area contributed by atoms with Crippen LogP contribution >= 0.6 is 0 Å². The number of nitrogen functional groups attached to an aromatic ring is 1. The van der Waals surface area contributed by atoms with Crippen molar-refractivity contribution in [3.63, 3.8) is 0 Å². The van der Waals surface area contributed by atoms with Gasteiger partial charge < -0.3 is 15.4 Å². The summed E-state index contributed by atoms with van der Waals surface area (Å²) in [4.78, 5) is 10.9. The van der Waals surface area contributed by atoms with E-state index >= 15 is 0 Å². The van der Waals surface area contributed by atoms with Gasteiger partial charge in [-0.1, -0.05) is 0 Å². The molecule has 0 radical (unpaired) electrons. The standard InChI is InChI=1S/C12H20N4O/c1-7-5-16(6-8(2)17-7)12-9(3)11(13)14-10(4)15-12/h7-8H,5-6H2,1-4H3,(H2,13,14,15)/t7-,8+. The number of ether oxygens (including phenoxy) is 1. The average molecular weight is 236 g/mol. The van der Waals surface area contributed by atoms with Crippen molar-refractivity contribution in [1.82, 2.24) is 9.97 Å². The van der Waals surface area contributed by atoms with E-state index in [4.69, 9.17) is 10.5 Å². The quantitative estimate of drug-likeness (QED) is 0.796. The van der Waals surface area contributed by atoms with Crippen LogP contribution in [-0.2, 0) is 4.74 Å². The first kappa shape index (κ1) is 12.1. The van der Waals surface area contributed by atoms with Crippen LogP contribution in [0, 0.1) is 13.8 Å². The van der Waals surface area contributed by atoms with Gasteiger partial charge in [-0.05, 0) is 27.7 Å². The smallest absolute Gasteiger partial charge is 0.137 e. The Kier molecular flexibility index (Phi) is 3.19. The van der Waals surface area contributed by atoms with E-state index in [0.717, 1.165) is 30.3 Å². The minimum Gasteiger partial charge on any atom is -0.383 e. The van der Waals surface area contributed by atoms with Crippen LogP contribution in [0.3, 0.4) is 0 Å². The summed E-state index contributed by atoms with van der Waals surface area (Å²) in [6.07, 6.45) is 0.435. The molecule has 1 saturated heterocycles. The Morgan fingerprint density at radius 2 is 1.76 bits per heavy atom. The number of rotatable bonds is 1. The summed E-state index contributed by atoms with van der Waals surface area (Å²) >= 11 is 0. The fraction of sp³-hybridized carbons (Fsp3) is 0.667. The van der Waals surface area contributed by atoms with Crippen LogP contribution in [0.25, 0.3) is 0 Å². The number of nitrogens with two attached hydrogens (primary N) is 1. The molecule has 2 atom stereocenters. The monoisotopic (exact) mass is 236 g/mol. The largest absolute Gasteiger partial charge is 0.383 e. The number of aromatic nitrogens is 2. The molecule has 0 bridgehead atoms. The van der Waals surface area contributed by atoms with Crippen LogP contribution in [0.2, 0.25) is 0 Å². The third-order valence-corrected chi connectivity index (χ3v) is 2.99. The highest BCUT2D eigenvalue weighted by atomic mass is 16.5. The molecule has 1 aromatic rings. The number of hydrogen-bond donors (Lipinski definition) is 1. The molecule has 94 valence electrons. The zero-order valence-electron chi connectivity index (χ0n) is 10.9. The number of morpholine rings is 1. The molecule has 0 aromatic carbocycles. The summed E-state index contributed by atoms with van der Waals surface area (Å²) in [5.41, 5.74) is 6.84. The van der Waals surface area contributed by atoms with Crippen LogP contribution in [0.1, 0.15) is 25.2 Å². The van der Waals surface area contributed by atoms with Crippen molar-refractivity contribution in [2.24, 2.45) is 0 Å². The fourth-order valence-electron chi connectivity index (χ4n) is 2.29. The first-order chi connectivity index (χ1) is 7.97. The van der Waals surface area contributed by atoms with Gasteiger partial charge >= 0.3 is 0 Å². The van der Waals surface area contributed by atoms with Gasteiger partial charge in [0.05, 0.1) is 12.2 Å². The van der Waals surface area contributed by atoms with Gasteiger partial charge in [-0.2, -0.15) is 0 Å². The molecule has 1 fully saturated rings. The van der Waals surface area contributed by atoms with Crippen molar-refractivity contribution in [3.05, 3.63) is 11.4 Å². The van der Waals surface area contributed by atoms with E-state index in [1.165, 1.54) is 0 Å². The molecule has 2 heterocycles. The molecule has 2 N–H and O–H groups in total. The first-order valence-corrected chi connectivity index (χ1v) is 5.98. The van der Waals surface area contributed by atoms with Crippen molar-refractivity contribution < 1.29 is 4.74 Å². The summed E-state index contributed by atoms with van der Waals surface area (Å²) < 4.78 is 5.72. The molecular formula is C12H20N4O. The molecule has 1 aliphatic rings. The number of hydrogen-bond acceptors (Lipinski definition) is 5. The Morgan fingerprint density at radius 1 is 1.18 bits per heavy atom. The van der Waals surface area contributed by atoms with Crippen LogP contribution < -0.4 is 10.6 Å². The van der Waals surface area contributed by atoms with Crippen LogP contribution in [-0.4, -0.2) is 35.3 Å². The first-order valence-electron chi connectivity index (χ1n) is 5.98.